The molecule has 0 bridgehead atoms. The van der Waals surface area contributed by atoms with E-state index in [2.05, 4.69) is 60.1 Å². The Labute approximate surface area is 127 Å². The van der Waals surface area contributed by atoms with Gasteiger partial charge >= 0.3 is 0 Å². The number of benzene rings is 1. The predicted molar refractivity (Wildman–Crippen MR) is 87.5 cm³/mol. The number of rotatable bonds is 3. The van der Waals surface area contributed by atoms with E-state index >= 15 is 0 Å². The molecule has 1 aromatic rings. The molecule has 1 N–H and O–H groups in total. The smallest absolute Gasteiger partial charge is 0.0263 e. The summed E-state index contributed by atoms with van der Waals surface area (Å²) in [4.78, 5) is 4.19. The summed E-state index contributed by atoms with van der Waals surface area (Å²) in [6, 6.07) is 9.57. The fourth-order valence-corrected chi connectivity index (χ4v) is 4.65. The minimum absolute atomic E-state index is 0.659. The van der Waals surface area contributed by atoms with Crippen LogP contribution in [0.15, 0.2) is 29.2 Å². The van der Waals surface area contributed by atoms with E-state index in [0.717, 1.165) is 11.2 Å². The highest BCUT2D eigenvalue weighted by atomic mass is 32.2. The average molecular weight is 290 g/mol. The summed E-state index contributed by atoms with van der Waals surface area (Å²) in [5.41, 5.74) is 1.55. The van der Waals surface area contributed by atoms with E-state index < -0.39 is 0 Å². The normalized spacial score (nSPS) is 27.6. The van der Waals surface area contributed by atoms with Crippen molar-refractivity contribution in [1.82, 2.24) is 10.2 Å². The van der Waals surface area contributed by atoms with Gasteiger partial charge in [-0.3, -0.25) is 0 Å². The standard InChI is InChI=1S/C17H26N2S/c1-13(2)16-12-19(9-5-8-18-16)11-15-10-14-6-3-4-7-17(14)20-15/h3-4,6-7,13,15-16,18H,5,8-12H2,1-2H3. The molecule has 1 saturated heterocycles. The van der Waals surface area contributed by atoms with Crippen molar-refractivity contribution >= 4 is 11.8 Å². The van der Waals surface area contributed by atoms with Gasteiger partial charge in [0, 0.05) is 29.3 Å². The molecule has 2 unspecified atom stereocenters. The number of hydrogen-bond acceptors (Lipinski definition) is 3. The first kappa shape index (κ1) is 14.4. The van der Waals surface area contributed by atoms with Crippen molar-refractivity contribution in [3.63, 3.8) is 0 Å². The van der Waals surface area contributed by atoms with Crippen LogP contribution in [0.5, 0.6) is 0 Å². The molecule has 110 valence electrons. The van der Waals surface area contributed by atoms with E-state index in [0.29, 0.717) is 6.04 Å². The molecule has 0 aliphatic carbocycles. The van der Waals surface area contributed by atoms with Gasteiger partial charge in [-0.05, 0) is 43.5 Å². The van der Waals surface area contributed by atoms with E-state index in [1.165, 1.54) is 43.9 Å². The maximum absolute atomic E-state index is 3.70. The Bertz CT molecular complexity index is 421. The van der Waals surface area contributed by atoms with E-state index in [4.69, 9.17) is 0 Å². The van der Waals surface area contributed by atoms with Crippen LogP contribution in [0.1, 0.15) is 25.8 Å². The lowest BCUT2D eigenvalue weighted by Gasteiger charge is -2.28. The summed E-state index contributed by atoms with van der Waals surface area (Å²) < 4.78 is 0. The van der Waals surface area contributed by atoms with Gasteiger partial charge in [0.15, 0.2) is 0 Å². The zero-order valence-corrected chi connectivity index (χ0v) is 13.5. The fourth-order valence-electron chi connectivity index (χ4n) is 3.28. The molecule has 2 nitrogen and oxygen atoms in total. The van der Waals surface area contributed by atoms with Gasteiger partial charge in [0.1, 0.15) is 0 Å². The molecule has 2 aliphatic rings. The van der Waals surface area contributed by atoms with Crippen molar-refractivity contribution in [2.75, 3.05) is 26.2 Å². The first-order valence-corrected chi connectivity index (χ1v) is 8.80. The number of fused-ring (bicyclic) bond motifs is 1. The fraction of sp³-hybridized carbons (Fsp3) is 0.647. The highest BCUT2D eigenvalue weighted by molar-refractivity contribution is 8.00. The molecule has 1 aromatic carbocycles. The summed E-state index contributed by atoms with van der Waals surface area (Å²) in [7, 11) is 0. The summed E-state index contributed by atoms with van der Waals surface area (Å²) in [6.45, 7) is 9.55. The van der Waals surface area contributed by atoms with Crippen molar-refractivity contribution in [3.8, 4) is 0 Å². The van der Waals surface area contributed by atoms with Crippen LogP contribution in [0.3, 0.4) is 0 Å². The zero-order valence-electron chi connectivity index (χ0n) is 12.6. The van der Waals surface area contributed by atoms with Gasteiger partial charge < -0.3 is 10.2 Å². The van der Waals surface area contributed by atoms with Gasteiger partial charge in [-0.2, -0.15) is 0 Å². The Kier molecular flexibility index (Phi) is 4.69. The third-order valence-corrected chi connectivity index (χ3v) is 5.79. The predicted octanol–water partition coefficient (Wildman–Crippen LogP) is 3.02. The van der Waals surface area contributed by atoms with Gasteiger partial charge in [-0.25, -0.2) is 0 Å². The maximum Gasteiger partial charge on any atom is 0.0263 e. The van der Waals surface area contributed by atoms with Crippen LogP contribution in [0.4, 0.5) is 0 Å². The minimum atomic E-state index is 0.659. The van der Waals surface area contributed by atoms with E-state index in [-0.39, 0.29) is 0 Å². The summed E-state index contributed by atoms with van der Waals surface area (Å²) >= 11 is 2.08. The molecule has 3 heteroatoms. The van der Waals surface area contributed by atoms with Crippen LogP contribution in [0.25, 0.3) is 0 Å². The van der Waals surface area contributed by atoms with Crippen LogP contribution in [-0.4, -0.2) is 42.4 Å². The highest BCUT2D eigenvalue weighted by Gasteiger charge is 2.26. The van der Waals surface area contributed by atoms with Crippen molar-refractivity contribution in [2.45, 2.75) is 42.9 Å². The summed E-state index contributed by atoms with van der Waals surface area (Å²) in [5.74, 6) is 0.726. The topological polar surface area (TPSA) is 15.3 Å². The van der Waals surface area contributed by atoms with Crippen LogP contribution in [0, 0.1) is 5.92 Å². The van der Waals surface area contributed by atoms with Gasteiger partial charge in [-0.15, -0.1) is 11.8 Å². The lowest BCUT2D eigenvalue weighted by molar-refractivity contribution is 0.246. The maximum atomic E-state index is 3.70. The second kappa shape index (κ2) is 6.50. The first-order chi connectivity index (χ1) is 9.72. The van der Waals surface area contributed by atoms with Crippen molar-refractivity contribution in [2.24, 2.45) is 5.92 Å². The van der Waals surface area contributed by atoms with Gasteiger partial charge in [0.05, 0.1) is 0 Å². The largest absolute Gasteiger partial charge is 0.312 e. The van der Waals surface area contributed by atoms with Crippen LogP contribution in [0.2, 0.25) is 0 Å². The molecule has 20 heavy (non-hydrogen) atoms. The molecule has 2 atom stereocenters. The molecule has 3 rings (SSSR count). The van der Waals surface area contributed by atoms with Crippen molar-refractivity contribution in [1.29, 1.82) is 0 Å². The Hall–Kier alpha value is -0.510. The molecule has 0 aromatic heterocycles. The first-order valence-electron chi connectivity index (χ1n) is 7.92. The second-order valence-electron chi connectivity index (χ2n) is 6.47. The molecular formula is C17H26N2S. The SMILES string of the molecule is CC(C)C1CN(CC2Cc3ccccc3S2)CCCN1. The molecule has 0 radical (unpaired) electrons. The monoisotopic (exact) mass is 290 g/mol. The minimum Gasteiger partial charge on any atom is -0.312 e. The number of nitrogens with one attached hydrogen (secondary N) is 1. The van der Waals surface area contributed by atoms with Gasteiger partial charge in [-0.1, -0.05) is 32.0 Å². The van der Waals surface area contributed by atoms with E-state index in [1.807, 2.05) is 0 Å². The van der Waals surface area contributed by atoms with Crippen LogP contribution < -0.4 is 5.32 Å². The molecular weight excluding hydrogens is 264 g/mol. The summed E-state index contributed by atoms with van der Waals surface area (Å²) in [5, 5.41) is 4.45. The van der Waals surface area contributed by atoms with E-state index in [1.54, 1.807) is 5.56 Å². The van der Waals surface area contributed by atoms with Crippen molar-refractivity contribution in [3.05, 3.63) is 29.8 Å². The molecule has 0 spiro atoms. The van der Waals surface area contributed by atoms with E-state index in [9.17, 15) is 0 Å². The third-order valence-electron chi connectivity index (χ3n) is 4.49. The van der Waals surface area contributed by atoms with Crippen LogP contribution in [-0.2, 0) is 6.42 Å². The molecule has 2 heterocycles. The Morgan fingerprint density at radius 2 is 2.20 bits per heavy atom. The Morgan fingerprint density at radius 3 is 3.00 bits per heavy atom. The Morgan fingerprint density at radius 1 is 1.35 bits per heavy atom. The lowest BCUT2D eigenvalue weighted by atomic mass is 10.0. The quantitative estimate of drug-likeness (QED) is 0.921. The average Bonchev–Trinajstić information content (AvgIpc) is 2.68. The van der Waals surface area contributed by atoms with Gasteiger partial charge in [0.25, 0.3) is 0 Å². The molecule has 1 fully saturated rings. The van der Waals surface area contributed by atoms with Gasteiger partial charge in [0.2, 0.25) is 0 Å². The zero-order chi connectivity index (χ0) is 13.9. The lowest BCUT2D eigenvalue weighted by Crippen LogP contribution is -2.43. The molecule has 2 aliphatic heterocycles. The second-order valence-corrected chi connectivity index (χ2v) is 7.81. The number of nitrogens with zero attached hydrogens (tertiary/aromatic N) is 1. The number of thioether (sulfide) groups is 1. The molecule has 0 saturated carbocycles. The highest BCUT2D eigenvalue weighted by Crippen LogP contribution is 2.37. The molecule has 0 amide bonds. The number of hydrogen-bond donors (Lipinski definition) is 1. The summed E-state index contributed by atoms with van der Waals surface area (Å²) in [6.07, 6.45) is 2.53. The Balaban J connectivity index is 1.58. The van der Waals surface area contributed by atoms with Crippen molar-refractivity contribution < 1.29 is 0 Å². The third kappa shape index (κ3) is 3.38. The van der Waals surface area contributed by atoms with Crippen LogP contribution >= 0.6 is 11.8 Å².